The van der Waals surface area contributed by atoms with Gasteiger partial charge < -0.3 is 24.9 Å². The average Bonchev–Trinajstić information content (AvgIpc) is 2.62. The fourth-order valence-corrected chi connectivity index (χ4v) is 2.90. The Morgan fingerprint density at radius 2 is 1.89 bits per heavy atom. The molecule has 0 radical (unpaired) electrons. The van der Waals surface area contributed by atoms with E-state index >= 15 is 0 Å². The Balaban J connectivity index is 2.07. The van der Waals surface area contributed by atoms with Crippen LogP contribution in [0.1, 0.15) is 40.2 Å². The molecule has 1 aromatic carbocycles. The molecule has 0 aliphatic carbocycles. The van der Waals surface area contributed by atoms with E-state index in [1.807, 2.05) is 31.2 Å². The van der Waals surface area contributed by atoms with Gasteiger partial charge in [0, 0.05) is 11.6 Å². The van der Waals surface area contributed by atoms with Crippen molar-refractivity contribution in [2.45, 2.75) is 52.6 Å². The van der Waals surface area contributed by atoms with Gasteiger partial charge in [0.2, 0.25) is 11.8 Å². The van der Waals surface area contributed by atoms with E-state index in [1.165, 1.54) is 13.1 Å². The smallest absolute Gasteiger partial charge is 0.246 e. The van der Waals surface area contributed by atoms with Gasteiger partial charge in [-0.1, -0.05) is 25.1 Å². The quantitative estimate of drug-likeness (QED) is 0.825. The maximum atomic E-state index is 12.5. The third kappa shape index (κ3) is 5.22. The summed E-state index contributed by atoms with van der Waals surface area (Å²) in [5.41, 5.74) is 0.748. The van der Waals surface area contributed by atoms with Crippen molar-refractivity contribution >= 4 is 17.7 Å². The van der Waals surface area contributed by atoms with Crippen LogP contribution in [0.25, 0.3) is 0 Å². The maximum Gasteiger partial charge on any atom is 0.246 e. The van der Waals surface area contributed by atoms with Gasteiger partial charge in [0.25, 0.3) is 0 Å². The number of aromatic nitrogens is 1. The van der Waals surface area contributed by atoms with Crippen LogP contribution in [0.4, 0.5) is 10.5 Å². The van der Waals surface area contributed by atoms with Crippen LogP contribution in [0.5, 0.6) is 11.6 Å². The number of rotatable bonds is 6. The third-order valence-corrected chi connectivity index (χ3v) is 4.26. The van der Waals surface area contributed by atoms with Gasteiger partial charge >= 0.3 is 0 Å². The molecule has 0 saturated heterocycles. The minimum atomic E-state index is -1.40. The molecule has 0 fully saturated rings. The van der Waals surface area contributed by atoms with E-state index in [9.17, 15) is 14.7 Å². The largest absolute Gasteiger partial charge is 0.530 e. The molecule has 2 aromatic rings. The lowest BCUT2D eigenvalue weighted by molar-refractivity contribution is -0.272. The molecule has 2 amide bonds. The first-order valence-corrected chi connectivity index (χ1v) is 9.16. The molecule has 0 saturated carbocycles. The number of carbonyl (C=O) groups is 2. The molecule has 0 aliphatic heterocycles. The molecule has 1 atom stereocenters. The summed E-state index contributed by atoms with van der Waals surface area (Å²) in [6, 6.07) is 10.1. The summed E-state index contributed by atoms with van der Waals surface area (Å²) >= 11 is 0. The van der Waals surface area contributed by atoms with Crippen LogP contribution in [0, 0.1) is 0 Å². The Labute approximate surface area is 165 Å². The summed E-state index contributed by atoms with van der Waals surface area (Å²) in [5, 5.41) is 14.1. The summed E-state index contributed by atoms with van der Waals surface area (Å²) < 4.78 is 5.80. The molecule has 0 unspecified atom stereocenters. The fourth-order valence-electron chi connectivity index (χ4n) is 2.90. The number of carbonyl (C=O) groups excluding carboxylic acids is 2. The van der Waals surface area contributed by atoms with E-state index in [0.29, 0.717) is 11.6 Å². The number of carboxylic acid groups (broad SMARTS) is 1. The minimum Gasteiger partial charge on any atom is -0.530 e. The predicted octanol–water partition coefficient (Wildman–Crippen LogP) is 3.21. The van der Waals surface area contributed by atoms with Gasteiger partial charge in [0.1, 0.15) is 17.9 Å². The lowest BCUT2D eigenvalue weighted by Gasteiger charge is -2.41. The van der Waals surface area contributed by atoms with E-state index < -0.39 is 23.6 Å². The van der Waals surface area contributed by atoms with Gasteiger partial charge in [-0.15, -0.1) is 0 Å². The van der Waals surface area contributed by atoms with Crippen molar-refractivity contribution < 1.29 is 19.4 Å². The van der Waals surface area contributed by atoms with Crippen LogP contribution in [-0.2, 0) is 11.2 Å². The van der Waals surface area contributed by atoms with Crippen LogP contribution >= 0.6 is 0 Å². The van der Waals surface area contributed by atoms with Crippen molar-refractivity contribution in [3.63, 3.8) is 0 Å². The van der Waals surface area contributed by atoms with E-state index in [-0.39, 0.29) is 0 Å². The Morgan fingerprint density at radius 1 is 1.21 bits per heavy atom. The van der Waals surface area contributed by atoms with Crippen LogP contribution in [-0.4, -0.2) is 33.5 Å². The van der Waals surface area contributed by atoms with Gasteiger partial charge in [-0.3, -0.25) is 4.79 Å². The monoisotopic (exact) mass is 384 g/mol. The zero-order chi connectivity index (χ0) is 20.9. The summed E-state index contributed by atoms with van der Waals surface area (Å²) in [7, 11) is 0. The van der Waals surface area contributed by atoms with Gasteiger partial charge in [-0.25, -0.2) is 4.98 Å². The van der Waals surface area contributed by atoms with Crippen molar-refractivity contribution in [3.8, 4) is 11.6 Å². The summed E-state index contributed by atoms with van der Waals surface area (Å²) in [6.07, 6.45) is 0.909. The molecule has 1 heterocycles. The number of ether oxygens (including phenoxy) is 1. The first-order chi connectivity index (χ1) is 13.1. The minimum absolute atomic E-state index is 0.401. The van der Waals surface area contributed by atoms with Crippen LogP contribution < -0.4 is 15.2 Å². The number of pyridine rings is 1. The van der Waals surface area contributed by atoms with E-state index in [2.05, 4.69) is 10.3 Å². The number of para-hydroxylation sites is 1. The van der Waals surface area contributed by atoms with Gasteiger partial charge in [-0.05, 0) is 51.8 Å². The topological polar surface area (TPSA) is 94.6 Å². The van der Waals surface area contributed by atoms with Crippen LogP contribution in [0.2, 0.25) is 0 Å². The highest BCUT2D eigenvalue weighted by Gasteiger charge is 2.30. The average molecular weight is 384 g/mol. The molecule has 150 valence electrons. The summed E-state index contributed by atoms with van der Waals surface area (Å²) in [6.45, 7) is 8.67. The van der Waals surface area contributed by atoms with Gasteiger partial charge in [-0.2, -0.15) is 0 Å². The molecule has 0 spiro atoms. The maximum absolute atomic E-state index is 12.5. The number of hydrogen-bond donors (Lipinski definition) is 1. The van der Waals surface area contributed by atoms with Crippen molar-refractivity contribution in [1.82, 2.24) is 9.88 Å². The van der Waals surface area contributed by atoms with E-state index in [1.54, 1.807) is 32.9 Å². The number of benzene rings is 1. The number of anilines is 1. The highest BCUT2D eigenvalue weighted by molar-refractivity contribution is 5.96. The van der Waals surface area contributed by atoms with E-state index in [0.717, 1.165) is 22.6 Å². The van der Waals surface area contributed by atoms with Crippen LogP contribution in [0.3, 0.4) is 0 Å². The normalized spacial score (nSPS) is 12.2. The van der Waals surface area contributed by atoms with Crippen molar-refractivity contribution in [2.75, 3.05) is 5.32 Å². The number of aryl methyl sites for hydroxylation is 1. The number of nitrogens with zero attached hydrogens (tertiary/aromatic N) is 2. The molecular weight excluding hydrogens is 358 g/mol. The second-order valence-electron chi connectivity index (χ2n) is 7.42. The Kier molecular flexibility index (Phi) is 6.62. The second-order valence-corrected chi connectivity index (χ2v) is 7.42. The molecule has 0 aliphatic rings. The fraction of sp³-hybridized carbons (Fsp3) is 0.381. The van der Waals surface area contributed by atoms with Crippen molar-refractivity contribution in [1.29, 1.82) is 0 Å². The SMILES string of the molecule is CCc1ccccc1Oc1ccc(NC(=O)[C@@H](C)N(C(=O)[O-])C(C)(C)C)cn1. The van der Waals surface area contributed by atoms with Gasteiger partial charge in [0.05, 0.1) is 11.9 Å². The van der Waals surface area contributed by atoms with Gasteiger partial charge in [0.15, 0.2) is 0 Å². The molecule has 0 bridgehead atoms. The van der Waals surface area contributed by atoms with Crippen molar-refractivity contribution in [3.05, 3.63) is 48.2 Å². The molecule has 1 aromatic heterocycles. The number of hydrogen-bond acceptors (Lipinski definition) is 5. The molecule has 7 nitrogen and oxygen atoms in total. The zero-order valence-corrected chi connectivity index (χ0v) is 16.9. The standard InChI is InChI=1S/C21H27N3O4/c1-6-15-9-7-8-10-17(15)28-18-12-11-16(13-22-18)23-19(25)14(2)24(20(26)27)21(3,4)5/h7-14H,6H2,1-5H3,(H,23,25)(H,26,27)/p-1/t14-/m1/s1. The van der Waals surface area contributed by atoms with E-state index in [4.69, 9.17) is 4.74 Å². The highest BCUT2D eigenvalue weighted by atomic mass is 16.5. The molecule has 2 rings (SSSR count). The second kappa shape index (κ2) is 8.73. The number of nitrogens with one attached hydrogen (secondary N) is 1. The third-order valence-electron chi connectivity index (χ3n) is 4.26. The van der Waals surface area contributed by atoms with Crippen molar-refractivity contribution in [2.24, 2.45) is 0 Å². The lowest BCUT2D eigenvalue weighted by atomic mass is 10.0. The highest BCUT2D eigenvalue weighted by Crippen LogP contribution is 2.25. The Bertz CT molecular complexity index is 828. The Morgan fingerprint density at radius 3 is 2.43 bits per heavy atom. The Hall–Kier alpha value is -3.09. The molecule has 1 N–H and O–H groups in total. The first kappa shape index (κ1) is 21.2. The molecular formula is C21H26N3O4-. The molecule has 28 heavy (non-hydrogen) atoms. The zero-order valence-electron chi connectivity index (χ0n) is 16.9. The predicted molar refractivity (Wildman–Crippen MR) is 105 cm³/mol. The lowest BCUT2D eigenvalue weighted by Crippen LogP contribution is -2.58. The number of amides is 2. The first-order valence-electron chi connectivity index (χ1n) is 9.16. The molecule has 7 heteroatoms. The summed E-state index contributed by atoms with van der Waals surface area (Å²) in [5.74, 6) is 0.668. The van der Waals surface area contributed by atoms with Crippen LogP contribution in [0.15, 0.2) is 42.6 Å². The summed E-state index contributed by atoms with van der Waals surface area (Å²) in [4.78, 5) is 29.1.